The minimum Gasteiger partial charge on any atom is -0.472 e. The van der Waals surface area contributed by atoms with Crippen LogP contribution in [0.2, 0.25) is 5.65 Å². The van der Waals surface area contributed by atoms with Gasteiger partial charge in [-0.3, -0.25) is 40.3 Å². The molecular formula is C50H53IN28O8. The quantitative estimate of drug-likeness (QED) is 0.0871. The molecule has 1 aliphatic carbocycles. The first-order valence-corrected chi connectivity index (χ1v) is 27.1. The molecule has 12 heterocycles. The van der Waals surface area contributed by atoms with Crippen LogP contribution in [-0.4, -0.2) is 140 Å². The maximum absolute atomic E-state index is 12.2. The molecule has 0 amide bonds. The summed E-state index contributed by atoms with van der Waals surface area (Å²) in [6.07, 6.45) is 21.9. The maximum atomic E-state index is 12.2. The van der Waals surface area contributed by atoms with Crippen LogP contribution in [0.5, 0.6) is 23.5 Å². The predicted molar refractivity (Wildman–Crippen MR) is 308 cm³/mol. The molecule has 448 valence electrons. The van der Waals surface area contributed by atoms with Crippen molar-refractivity contribution >= 4 is 22.6 Å². The summed E-state index contributed by atoms with van der Waals surface area (Å²) in [6.45, 7) is 4.58. The molecule has 1 aliphatic rings. The van der Waals surface area contributed by atoms with E-state index in [9.17, 15) is 19.2 Å². The van der Waals surface area contributed by atoms with Crippen molar-refractivity contribution in [3.63, 3.8) is 0 Å². The van der Waals surface area contributed by atoms with Gasteiger partial charge in [0.2, 0.25) is 23.5 Å². The summed E-state index contributed by atoms with van der Waals surface area (Å²) in [6, 6.07) is 6.36. The number of halogens is 1. The van der Waals surface area contributed by atoms with Gasteiger partial charge in [0.15, 0.2) is 5.65 Å². The van der Waals surface area contributed by atoms with E-state index in [1.807, 2.05) is 20.0 Å². The Morgan fingerprint density at radius 3 is 1.20 bits per heavy atom. The Balaban J connectivity index is 0.000000133. The normalized spacial score (nSPS) is 12.3. The van der Waals surface area contributed by atoms with Gasteiger partial charge in [-0.15, -0.1) is 20.4 Å². The summed E-state index contributed by atoms with van der Waals surface area (Å²) in [5, 5.41) is 49.3. The van der Waals surface area contributed by atoms with E-state index in [-0.39, 0.29) is 49.2 Å². The number of rotatable bonds is 18. The van der Waals surface area contributed by atoms with E-state index < -0.39 is 0 Å². The van der Waals surface area contributed by atoms with Gasteiger partial charge in [-0.1, -0.05) is 6.92 Å². The van der Waals surface area contributed by atoms with Crippen molar-refractivity contribution in [3.8, 4) is 46.3 Å². The monoisotopic (exact) mass is 1310 g/mol. The number of hydrogen-bond acceptors (Lipinski definition) is 24. The number of nitrogens with zero attached hydrogens (tertiary/aromatic N) is 24. The van der Waals surface area contributed by atoms with Crippen LogP contribution in [-0.2, 0) is 61.0 Å². The summed E-state index contributed by atoms with van der Waals surface area (Å²) in [5.41, 5.74) is 6.56. The molecule has 37 heteroatoms. The van der Waals surface area contributed by atoms with Crippen molar-refractivity contribution in [2.24, 2.45) is 28.2 Å². The molecule has 0 spiro atoms. The highest BCUT2D eigenvalue weighted by molar-refractivity contribution is 14.1. The lowest BCUT2D eigenvalue weighted by Crippen LogP contribution is -2.23. The van der Waals surface area contributed by atoms with E-state index >= 15 is 0 Å². The summed E-state index contributed by atoms with van der Waals surface area (Å²) in [7, 11) is 6.11. The Kier molecular flexibility index (Phi) is 16.7. The van der Waals surface area contributed by atoms with E-state index in [0.717, 1.165) is 106 Å². The number of pyridine rings is 4. The Morgan fingerprint density at radius 2 is 0.816 bits per heavy atom. The fourth-order valence-corrected chi connectivity index (χ4v) is 8.70. The molecule has 0 aromatic carbocycles. The molecular weight excluding hydrogens is 1250 g/mol. The minimum absolute atomic E-state index is 0.163. The topological polar surface area (TPSA) is 414 Å². The van der Waals surface area contributed by atoms with Crippen molar-refractivity contribution in [2.45, 2.75) is 65.5 Å². The summed E-state index contributed by atoms with van der Waals surface area (Å²) >= 11 is 2.10. The van der Waals surface area contributed by atoms with E-state index in [2.05, 4.69) is 105 Å². The molecule has 1 fully saturated rings. The largest absolute Gasteiger partial charge is 0.472 e. The SMILES string of the molecule is [3H]n1ccc(OCc2c(C)cncc2-n2nnn(C)c2=O)n1.[3H]n1ccc(OCc2c(C3CC3)cncc2-n2nnn(C)c2=O)n1.[3H]n1ccc(OCc2c(CC)cncc2-n2nnn(C)c2=O)n1.[3H]n1ccc(OCc2c(I)cncc2-n2nnn(C)c2=O)n1. The molecule has 13 rings (SSSR count). The van der Waals surface area contributed by atoms with Crippen molar-refractivity contribution in [1.29, 1.82) is 0 Å². The Labute approximate surface area is 508 Å². The Hall–Kier alpha value is -11.2. The fourth-order valence-electron chi connectivity index (χ4n) is 8.11. The molecule has 0 atom stereocenters. The average molecular weight is 1310 g/mol. The molecule has 0 unspecified atom stereocenters. The van der Waals surface area contributed by atoms with Gasteiger partial charge in [0.1, 0.15) is 26.4 Å². The molecule has 4 N–H and O–H groups in total. The maximum Gasteiger partial charge on any atom is 0.368 e. The van der Waals surface area contributed by atoms with Crippen LogP contribution in [0.25, 0.3) is 22.7 Å². The van der Waals surface area contributed by atoms with Gasteiger partial charge in [-0.05, 0) is 113 Å². The van der Waals surface area contributed by atoms with Crippen molar-refractivity contribution in [2.75, 3.05) is 0 Å². The van der Waals surface area contributed by atoms with Crippen LogP contribution in [0.4, 0.5) is 0 Å². The van der Waals surface area contributed by atoms with Gasteiger partial charge in [-0.2, -0.15) is 37.5 Å². The number of H-pyrrole nitrogens is 4. The summed E-state index contributed by atoms with van der Waals surface area (Å²) in [4.78, 5) is 64.9. The molecule has 87 heavy (non-hydrogen) atoms. The van der Waals surface area contributed by atoms with Crippen molar-refractivity contribution < 1.29 is 24.6 Å². The second-order valence-corrected chi connectivity index (χ2v) is 19.7. The van der Waals surface area contributed by atoms with Gasteiger partial charge in [0, 0.05) is 128 Å². The highest BCUT2D eigenvalue weighted by Crippen LogP contribution is 2.42. The van der Waals surface area contributed by atoms with E-state index in [4.69, 9.17) is 24.6 Å². The highest BCUT2D eigenvalue weighted by Gasteiger charge is 2.29. The first kappa shape index (κ1) is 53.8. The molecule has 0 bridgehead atoms. The minimum atomic E-state index is -0.375. The third kappa shape index (κ3) is 13.8. The number of hydrogen-bond donors (Lipinski definition) is 4. The predicted octanol–water partition coefficient (Wildman–Crippen LogP) is 1.01. The van der Waals surface area contributed by atoms with Crippen LogP contribution in [0.15, 0.2) is 118 Å². The number of aromatic amines is 4. The van der Waals surface area contributed by atoms with Crippen LogP contribution in [0.1, 0.15) is 64.6 Å². The van der Waals surface area contributed by atoms with Crippen LogP contribution < -0.4 is 41.7 Å². The zero-order valence-electron chi connectivity index (χ0n) is 50.9. The Morgan fingerprint density at radius 1 is 0.471 bits per heavy atom. The number of ether oxygens (including phenoxy) is 4. The lowest BCUT2D eigenvalue weighted by molar-refractivity contribution is 0.291. The van der Waals surface area contributed by atoms with E-state index in [1.54, 1.807) is 62.3 Å². The molecule has 0 radical (unpaired) electrons. The number of tetrazole rings is 4. The van der Waals surface area contributed by atoms with Crippen LogP contribution in [0.3, 0.4) is 0 Å². The molecule has 36 nitrogen and oxygen atoms in total. The average Bonchev–Trinajstić information content (AvgIpc) is 2.00. The standard InChI is InChI=1S/C14H15N7O2.C13H15N7O2.C12H13N7O2.C11H10IN7O2/c1-20-14(22)21(19-18-20)12-7-15-6-10(9-2-3-9)11(12)8-23-13-4-5-16-17-13;1-3-9-6-14-7-11(20-13(21)19(2)17-18-20)10(9)8-22-12-4-5-15-16-12;1-8-5-13-6-10(19-12(20)18(2)16-17-19)9(8)7-21-11-3-4-14-15-11;1-18-11(20)19(17-16-18)9-5-13-4-8(12)7(9)6-21-10-2-3-14-15-10/h4-7,9H,2-3,8H2,1H3,(H,16,17);4-7H,3,8H2,1-2H3,(H,15,16);3-6H,7H2,1-2H3,(H,14,15);2-5H,6H2,1H3,(H,14,15)/i/hT4. The van der Waals surface area contributed by atoms with Gasteiger partial charge >= 0.3 is 22.8 Å². The van der Waals surface area contributed by atoms with Crippen molar-refractivity contribution in [1.82, 2.24) is 140 Å². The fraction of sp³-hybridized carbons (Fsp3) is 0.280. The zero-order valence-corrected chi connectivity index (χ0v) is 49.1. The number of aromatic nitrogens is 28. The van der Waals surface area contributed by atoms with Crippen LogP contribution in [0, 0.1) is 10.5 Å². The first-order valence-electron chi connectivity index (χ1n) is 27.8. The Bertz CT molecular complexity index is 4600. The third-order valence-corrected chi connectivity index (χ3v) is 13.8. The highest BCUT2D eigenvalue weighted by atomic mass is 127. The number of aryl methyl sites for hydroxylation is 6. The number of nitrogens with one attached hydrogen (secondary N) is 4. The molecule has 1 saturated carbocycles. The summed E-state index contributed by atoms with van der Waals surface area (Å²) < 4.78 is 61.8. The van der Waals surface area contributed by atoms with Gasteiger partial charge in [0.05, 0.1) is 47.5 Å². The molecule has 12 aromatic heterocycles. The van der Waals surface area contributed by atoms with Crippen molar-refractivity contribution in [3.05, 3.63) is 183 Å². The third-order valence-electron chi connectivity index (χ3n) is 12.8. The summed E-state index contributed by atoms with van der Waals surface area (Å²) in [5.74, 6) is 1.75. The molecule has 0 saturated heterocycles. The van der Waals surface area contributed by atoms with E-state index in [0.29, 0.717) is 52.2 Å². The lowest BCUT2D eigenvalue weighted by Gasteiger charge is -2.13. The van der Waals surface area contributed by atoms with Gasteiger partial charge in [-0.25, -0.2) is 19.2 Å². The van der Waals surface area contributed by atoms with E-state index in [1.165, 1.54) is 72.4 Å². The molecule has 12 aromatic rings. The smallest absolute Gasteiger partial charge is 0.368 e. The van der Waals surface area contributed by atoms with Crippen LogP contribution >= 0.6 is 22.6 Å². The lowest BCUT2D eigenvalue weighted by atomic mass is 10.1. The zero-order chi connectivity index (χ0) is 64.5. The molecule has 0 aliphatic heterocycles. The van der Waals surface area contributed by atoms with Gasteiger partial charge < -0.3 is 18.9 Å². The second-order valence-electron chi connectivity index (χ2n) is 18.5. The first-order chi connectivity index (χ1) is 43.8. The second kappa shape index (κ2) is 27.0. The van der Waals surface area contributed by atoms with Gasteiger partial charge in [0.25, 0.3) is 0 Å².